The molecule has 0 aromatic heterocycles. The van der Waals surface area contributed by atoms with Crippen molar-refractivity contribution in [1.82, 2.24) is 0 Å². The molecule has 0 saturated carbocycles. The highest BCUT2D eigenvalue weighted by Gasteiger charge is 2.17. The van der Waals surface area contributed by atoms with Crippen LogP contribution in [0.25, 0.3) is 0 Å². The highest BCUT2D eigenvalue weighted by molar-refractivity contribution is 7.80. The number of aliphatic hydroxyl groups is 1. The minimum absolute atomic E-state index is 0.125. The van der Waals surface area contributed by atoms with Crippen LogP contribution in [0.3, 0.4) is 0 Å². The van der Waals surface area contributed by atoms with Crippen LogP contribution in [0.15, 0.2) is 24.3 Å². The second kappa shape index (κ2) is 4.89. The molecule has 3 N–H and O–H groups in total. The Hall–Kier alpha value is -1.42. The van der Waals surface area contributed by atoms with Gasteiger partial charge in [-0.1, -0.05) is 18.2 Å². The molecule has 0 fully saturated rings. The average molecular weight is 223 g/mol. The van der Waals surface area contributed by atoms with Crippen molar-refractivity contribution in [2.75, 3.05) is 5.73 Å². The zero-order valence-corrected chi connectivity index (χ0v) is 9.25. The summed E-state index contributed by atoms with van der Waals surface area (Å²) >= 11 is 4.55. The first-order valence-electron chi connectivity index (χ1n) is 4.61. The predicted octanol–water partition coefficient (Wildman–Crippen LogP) is 1.90. The van der Waals surface area contributed by atoms with Crippen molar-refractivity contribution in [1.29, 1.82) is 0 Å². The Morgan fingerprint density at radius 3 is 2.67 bits per heavy atom. The Morgan fingerprint density at radius 1 is 1.53 bits per heavy atom. The first kappa shape index (κ1) is 11.7. The number of nitrogens with two attached hydrogens (primary N) is 1. The summed E-state index contributed by atoms with van der Waals surface area (Å²) < 4.78 is 0. The molecule has 80 valence electrons. The lowest BCUT2D eigenvalue weighted by Crippen LogP contribution is -2.21. The summed E-state index contributed by atoms with van der Waals surface area (Å²) in [6.45, 7) is 1.59. The molecule has 1 aromatic rings. The molecule has 3 nitrogen and oxygen atoms in total. The Morgan fingerprint density at radius 2 is 2.13 bits per heavy atom. The molecule has 1 unspecified atom stereocenters. The monoisotopic (exact) mass is 223 g/mol. The van der Waals surface area contributed by atoms with Gasteiger partial charge in [-0.15, -0.1) is 0 Å². The van der Waals surface area contributed by atoms with Gasteiger partial charge in [-0.2, -0.15) is 0 Å². The fraction of sp³-hybridized carbons (Fsp3) is 0.273. The number of aliphatic hydroxyl groups excluding tert-OH is 1. The fourth-order valence-electron chi connectivity index (χ4n) is 1.17. The van der Waals surface area contributed by atoms with Crippen LogP contribution in [0.5, 0.6) is 0 Å². The van der Waals surface area contributed by atoms with Crippen molar-refractivity contribution in [3.05, 3.63) is 29.8 Å². The summed E-state index contributed by atoms with van der Waals surface area (Å²) in [5.74, 6) is -0.736. The average Bonchev–Trinajstić information content (AvgIpc) is 2.20. The summed E-state index contributed by atoms with van der Waals surface area (Å²) in [6, 6.07) is 7.16. The van der Waals surface area contributed by atoms with E-state index in [1.54, 1.807) is 19.1 Å². The van der Waals surface area contributed by atoms with Gasteiger partial charge in [0.1, 0.15) is 5.78 Å². The number of anilines is 1. The van der Waals surface area contributed by atoms with Crippen molar-refractivity contribution in [2.45, 2.75) is 13.3 Å². The van der Waals surface area contributed by atoms with Gasteiger partial charge in [0.15, 0.2) is 5.05 Å². The molecular weight excluding hydrogens is 210 g/mol. The van der Waals surface area contributed by atoms with Crippen LogP contribution >= 0.6 is 12.2 Å². The van der Waals surface area contributed by atoms with E-state index < -0.39 is 5.92 Å². The van der Waals surface area contributed by atoms with Gasteiger partial charge in [0, 0.05) is 12.1 Å². The molecule has 1 rings (SSSR count). The molecule has 15 heavy (non-hydrogen) atoms. The van der Waals surface area contributed by atoms with Crippen molar-refractivity contribution >= 4 is 28.7 Å². The summed E-state index contributed by atoms with van der Waals surface area (Å²) in [7, 11) is 0. The minimum atomic E-state index is -0.611. The van der Waals surface area contributed by atoms with Gasteiger partial charge in [-0.3, -0.25) is 4.79 Å². The van der Waals surface area contributed by atoms with E-state index in [1.807, 2.05) is 12.1 Å². The predicted molar refractivity (Wildman–Crippen MR) is 64.0 cm³/mol. The van der Waals surface area contributed by atoms with Crippen molar-refractivity contribution in [3.63, 3.8) is 0 Å². The number of Topliss-reactive ketones (excluding diaryl/α,β-unsaturated/α-hetero) is 1. The van der Waals surface area contributed by atoms with Crippen LogP contribution in [0, 0.1) is 5.92 Å². The molecule has 1 atom stereocenters. The number of carbonyl (C=O) groups excluding carboxylic acids is 1. The number of ketones is 1. The second-order valence-electron chi connectivity index (χ2n) is 3.40. The molecule has 4 heteroatoms. The van der Waals surface area contributed by atoms with Crippen LogP contribution < -0.4 is 5.73 Å². The quantitative estimate of drug-likeness (QED) is 0.604. The maximum absolute atomic E-state index is 11.6. The van der Waals surface area contributed by atoms with Crippen LogP contribution in [0.1, 0.15) is 12.5 Å². The first-order valence-corrected chi connectivity index (χ1v) is 5.02. The smallest absolute Gasteiger partial charge is 0.166 e. The van der Waals surface area contributed by atoms with Crippen molar-refractivity contribution in [3.8, 4) is 0 Å². The molecule has 0 aliphatic carbocycles. The lowest BCUT2D eigenvalue weighted by atomic mass is 9.99. The molecule has 1 aromatic carbocycles. The lowest BCUT2D eigenvalue weighted by Gasteiger charge is -2.08. The van der Waals surface area contributed by atoms with E-state index in [0.29, 0.717) is 5.69 Å². The third-order valence-electron chi connectivity index (χ3n) is 2.27. The molecule has 0 saturated heterocycles. The van der Waals surface area contributed by atoms with E-state index in [2.05, 4.69) is 12.2 Å². The van der Waals surface area contributed by atoms with Crippen LogP contribution in [0.4, 0.5) is 5.69 Å². The van der Waals surface area contributed by atoms with Crippen molar-refractivity contribution < 1.29 is 9.90 Å². The third-order valence-corrected chi connectivity index (χ3v) is 2.63. The number of nitrogen functional groups attached to an aromatic ring is 1. The minimum Gasteiger partial charge on any atom is -0.501 e. The van der Waals surface area contributed by atoms with Gasteiger partial charge in [-0.25, -0.2) is 0 Å². The number of benzene rings is 1. The van der Waals surface area contributed by atoms with Gasteiger partial charge in [0.25, 0.3) is 0 Å². The van der Waals surface area contributed by atoms with Gasteiger partial charge in [-0.05, 0) is 30.8 Å². The number of para-hydroxylation sites is 1. The molecule has 0 aliphatic rings. The number of rotatable bonds is 4. The van der Waals surface area contributed by atoms with E-state index >= 15 is 0 Å². The highest BCUT2D eigenvalue weighted by Crippen LogP contribution is 2.14. The molecule has 0 radical (unpaired) electrons. The topological polar surface area (TPSA) is 63.3 Å². The Kier molecular flexibility index (Phi) is 3.80. The van der Waals surface area contributed by atoms with E-state index in [4.69, 9.17) is 10.8 Å². The molecule has 0 heterocycles. The first-order chi connectivity index (χ1) is 7.02. The van der Waals surface area contributed by atoms with E-state index in [9.17, 15) is 4.79 Å². The number of carbonyl (C=O) groups is 1. The molecule has 0 aliphatic heterocycles. The van der Waals surface area contributed by atoms with E-state index in [-0.39, 0.29) is 17.3 Å². The molecule has 0 bridgehead atoms. The third kappa shape index (κ3) is 3.02. The van der Waals surface area contributed by atoms with E-state index in [0.717, 1.165) is 5.56 Å². The summed E-state index contributed by atoms with van der Waals surface area (Å²) in [6.07, 6.45) is 0.203. The van der Waals surface area contributed by atoms with Gasteiger partial charge >= 0.3 is 0 Å². The fourth-order valence-corrected chi connectivity index (χ4v) is 1.31. The number of hydrogen-bond donors (Lipinski definition) is 2. The highest BCUT2D eigenvalue weighted by atomic mass is 32.1. The SMILES string of the molecule is CC(C(=O)Cc1ccccc1N)C(O)=S. The molecule has 0 amide bonds. The van der Waals surface area contributed by atoms with Gasteiger partial charge < -0.3 is 10.8 Å². The number of hydrogen-bond acceptors (Lipinski definition) is 3. The lowest BCUT2D eigenvalue weighted by molar-refractivity contribution is -0.120. The zero-order chi connectivity index (χ0) is 11.4. The summed E-state index contributed by atoms with van der Waals surface area (Å²) in [5.41, 5.74) is 7.05. The van der Waals surface area contributed by atoms with Gasteiger partial charge in [0.2, 0.25) is 0 Å². The second-order valence-corrected chi connectivity index (χ2v) is 3.82. The Labute approximate surface area is 93.9 Å². The van der Waals surface area contributed by atoms with Crippen LogP contribution in [-0.2, 0) is 11.2 Å². The van der Waals surface area contributed by atoms with Crippen LogP contribution in [-0.4, -0.2) is 15.9 Å². The van der Waals surface area contributed by atoms with Crippen LogP contribution in [0.2, 0.25) is 0 Å². The summed E-state index contributed by atoms with van der Waals surface area (Å²) in [4.78, 5) is 11.6. The normalized spacial score (nSPS) is 12.1. The maximum atomic E-state index is 11.6. The number of thiocarbonyl (C=S) groups is 1. The van der Waals surface area contributed by atoms with Gasteiger partial charge in [0.05, 0.1) is 5.92 Å². The summed E-state index contributed by atoms with van der Waals surface area (Å²) in [5, 5.41) is 8.75. The largest absolute Gasteiger partial charge is 0.501 e. The van der Waals surface area contributed by atoms with E-state index in [1.165, 1.54) is 0 Å². The Balaban J connectivity index is 2.75. The molecule has 0 spiro atoms. The Bertz CT molecular complexity index is 390. The standard InChI is InChI=1S/C11H13NO2S/c1-7(11(14)15)10(13)6-8-4-2-3-5-9(8)12/h2-5,7H,6,12H2,1H3,(H,14,15). The molecular formula is C11H13NO2S. The zero-order valence-electron chi connectivity index (χ0n) is 8.43. The maximum Gasteiger partial charge on any atom is 0.166 e. The van der Waals surface area contributed by atoms with Crippen molar-refractivity contribution in [2.24, 2.45) is 5.92 Å².